The molecule has 0 spiro atoms. The number of benzene rings is 2. The van der Waals surface area contributed by atoms with Gasteiger partial charge >= 0.3 is 6.03 Å². The van der Waals surface area contributed by atoms with Crippen molar-refractivity contribution in [1.29, 1.82) is 0 Å². The average Bonchev–Trinajstić information content (AvgIpc) is 2.55. The molecule has 2 aromatic carbocycles. The second-order valence-electron chi connectivity index (χ2n) is 5.41. The van der Waals surface area contributed by atoms with E-state index in [2.05, 4.69) is 29.3 Å². The van der Waals surface area contributed by atoms with Gasteiger partial charge in [-0.05, 0) is 29.4 Å². The smallest absolute Gasteiger partial charge is 0.321 e. The minimum atomic E-state index is 0.000958. The van der Waals surface area contributed by atoms with Gasteiger partial charge in [-0.3, -0.25) is 0 Å². The minimum Gasteiger partial charge on any atom is -0.322 e. The van der Waals surface area contributed by atoms with E-state index >= 15 is 0 Å². The molecule has 4 heteroatoms. The second kappa shape index (κ2) is 6.14. The summed E-state index contributed by atoms with van der Waals surface area (Å²) < 4.78 is 0. The van der Waals surface area contributed by atoms with E-state index < -0.39 is 0 Å². The van der Waals surface area contributed by atoms with Crippen LogP contribution in [0.3, 0.4) is 0 Å². The first-order valence-electron chi connectivity index (χ1n) is 7.53. The van der Waals surface area contributed by atoms with Crippen molar-refractivity contribution in [3.8, 4) is 0 Å². The van der Waals surface area contributed by atoms with Gasteiger partial charge < -0.3 is 15.1 Å². The number of carbonyl (C=O) groups is 1. The maximum Gasteiger partial charge on any atom is 0.321 e. The summed E-state index contributed by atoms with van der Waals surface area (Å²) in [6.07, 6.45) is 0. The van der Waals surface area contributed by atoms with Crippen LogP contribution in [0.25, 0.3) is 10.8 Å². The molecule has 1 aliphatic rings. The van der Waals surface area contributed by atoms with Gasteiger partial charge in [0.15, 0.2) is 0 Å². The standard InChI is InChI=1S/C17H21N3O/c1-2-19-9-11-20(12-10-19)17(21)18-16-8-7-14-5-3-4-6-15(14)13-16/h3-8,13H,2,9-12H2,1H3,(H,18,21). The topological polar surface area (TPSA) is 35.6 Å². The molecule has 0 radical (unpaired) electrons. The highest BCUT2D eigenvalue weighted by Crippen LogP contribution is 2.19. The highest BCUT2D eigenvalue weighted by atomic mass is 16.2. The number of piperazine rings is 1. The summed E-state index contributed by atoms with van der Waals surface area (Å²) in [5, 5.41) is 5.34. The molecule has 1 aliphatic heterocycles. The van der Waals surface area contributed by atoms with E-state index in [1.165, 1.54) is 5.39 Å². The van der Waals surface area contributed by atoms with Crippen LogP contribution in [0.2, 0.25) is 0 Å². The molecule has 21 heavy (non-hydrogen) atoms. The quantitative estimate of drug-likeness (QED) is 0.919. The van der Waals surface area contributed by atoms with E-state index in [1.54, 1.807) is 0 Å². The molecule has 0 aromatic heterocycles. The number of nitrogens with one attached hydrogen (secondary N) is 1. The lowest BCUT2D eigenvalue weighted by atomic mass is 10.1. The summed E-state index contributed by atoms with van der Waals surface area (Å²) in [5.74, 6) is 0. The van der Waals surface area contributed by atoms with Gasteiger partial charge in [-0.2, -0.15) is 0 Å². The van der Waals surface area contributed by atoms with Crippen molar-refractivity contribution in [2.75, 3.05) is 38.0 Å². The van der Waals surface area contributed by atoms with Crippen LogP contribution >= 0.6 is 0 Å². The summed E-state index contributed by atoms with van der Waals surface area (Å²) in [4.78, 5) is 16.5. The molecular weight excluding hydrogens is 262 g/mol. The fourth-order valence-electron chi connectivity index (χ4n) is 2.74. The third-order valence-electron chi connectivity index (χ3n) is 4.11. The van der Waals surface area contributed by atoms with Crippen molar-refractivity contribution >= 4 is 22.5 Å². The number of amides is 2. The van der Waals surface area contributed by atoms with Crippen molar-refractivity contribution in [3.63, 3.8) is 0 Å². The third-order valence-corrected chi connectivity index (χ3v) is 4.11. The summed E-state index contributed by atoms with van der Waals surface area (Å²) in [5.41, 5.74) is 0.858. The number of fused-ring (bicyclic) bond motifs is 1. The maximum absolute atomic E-state index is 12.3. The SMILES string of the molecule is CCN1CCN(C(=O)Nc2ccc3ccccc3c2)CC1. The van der Waals surface area contributed by atoms with Crippen molar-refractivity contribution in [2.24, 2.45) is 0 Å². The molecule has 3 rings (SSSR count). The van der Waals surface area contributed by atoms with E-state index in [0.29, 0.717) is 0 Å². The highest BCUT2D eigenvalue weighted by molar-refractivity contribution is 5.93. The number of anilines is 1. The Hall–Kier alpha value is -2.07. The van der Waals surface area contributed by atoms with Crippen LogP contribution in [0.5, 0.6) is 0 Å². The Bertz CT molecular complexity index is 633. The van der Waals surface area contributed by atoms with Crippen molar-refractivity contribution < 1.29 is 4.79 Å². The maximum atomic E-state index is 12.3. The lowest BCUT2D eigenvalue weighted by molar-refractivity contribution is 0.151. The fourth-order valence-corrected chi connectivity index (χ4v) is 2.74. The average molecular weight is 283 g/mol. The number of nitrogens with zero attached hydrogens (tertiary/aromatic N) is 2. The van der Waals surface area contributed by atoms with Gasteiger partial charge in [0.25, 0.3) is 0 Å². The van der Waals surface area contributed by atoms with E-state index in [1.807, 2.05) is 35.2 Å². The van der Waals surface area contributed by atoms with E-state index in [-0.39, 0.29) is 6.03 Å². The molecule has 2 aromatic rings. The van der Waals surface area contributed by atoms with E-state index in [9.17, 15) is 4.79 Å². The Morgan fingerprint density at radius 1 is 1.05 bits per heavy atom. The zero-order chi connectivity index (χ0) is 14.7. The fraction of sp³-hybridized carbons (Fsp3) is 0.353. The van der Waals surface area contributed by atoms with Gasteiger partial charge in [0, 0.05) is 31.9 Å². The molecule has 1 N–H and O–H groups in total. The van der Waals surface area contributed by atoms with Crippen molar-refractivity contribution in [2.45, 2.75) is 6.92 Å². The molecule has 110 valence electrons. The summed E-state index contributed by atoms with van der Waals surface area (Å²) >= 11 is 0. The lowest BCUT2D eigenvalue weighted by Crippen LogP contribution is -2.49. The van der Waals surface area contributed by atoms with Gasteiger partial charge in [0.2, 0.25) is 0 Å². The predicted octanol–water partition coefficient (Wildman–Crippen LogP) is 3.01. The molecule has 1 heterocycles. The molecule has 1 fully saturated rings. The molecule has 0 unspecified atom stereocenters. The molecule has 0 atom stereocenters. The monoisotopic (exact) mass is 283 g/mol. The Morgan fingerprint density at radius 2 is 1.76 bits per heavy atom. The van der Waals surface area contributed by atoms with Crippen LogP contribution in [0.15, 0.2) is 42.5 Å². The van der Waals surface area contributed by atoms with Crippen LogP contribution in [0, 0.1) is 0 Å². The molecule has 1 saturated heterocycles. The Balaban J connectivity index is 1.66. The van der Waals surface area contributed by atoms with Gasteiger partial charge in [0.1, 0.15) is 0 Å². The first-order valence-corrected chi connectivity index (χ1v) is 7.53. The van der Waals surface area contributed by atoms with Gasteiger partial charge in [0.05, 0.1) is 0 Å². The third kappa shape index (κ3) is 3.16. The molecular formula is C17H21N3O. The molecule has 0 bridgehead atoms. The lowest BCUT2D eigenvalue weighted by Gasteiger charge is -2.34. The molecule has 2 amide bonds. The minimum absolute atomic E-state index is 0.000958. The van der Waals surface area contributed by atoms with Crippen molar-refractivity contribution in [1.82, 2.24) is 9.80 Å². The van der Waals surface area contributed by atoms with E-state index in [0.717, 1.165) is 43.8 Å². The molecule has 0 aliphatic carbocycles. The van der Waals surface area contributed by atoms with Gasteiger partial charge in [-0.15, -0.1) is 0 Å². The van der Waals surface area contributed by atoms with Crippen LogP contribution in [-0.2, 0) is 0 Å². The first-order chi connectivity index (χ1) is 10.3. The van der Waals surface area contributed by atoms with Crippen LogP contribution in [-0.4, -0.2) is 48.6 Å². The highest BCUT2D eigenvalue weighted by Gasteiger charge is 2.19. The number of likely N-dealkylation sites (N-methyl/N-ethyl adjacent to an activating group) is 1. The Kier molecular flexibility index (Phi) is 4.06. The summed E-state index contributed by atoms with van der Waals surface area (Å²) in [6.45, 7) is 6.73. The second-order valence-corrected chi connectivity index (χ2v) is 5.41. The summed E-state index contributed by atoms with van der Waals surface area (Å²) in [7, 11) is 0. The number of urea groups is 1. The first kappa shape index (κ1) is 13.9. The number of hydrogen-bond donors (Lipinski definition) is 1. The number of rotatable bonds is 2. The van der Waals surface area contributed by atoms with Crippen LogP contribution in [0.1, 0.15) is 6.92 Å². The van der Waals surface area contributed by atoms with Gasteiger partial charge in [-0.1, -0.05) is 37.3 Å². The Labute approximate surface area is 125 Å². The molecule has 4 nitrogen and oxygen atoms in total. The Morgan fingerprint density at radius 3 is 2.48 bits per heavy atom. The number of hydrogen-bond acceptors (Lipinski definition) is 2. The van der Waals surface area contributed by atoms with Crippen molar-refractivity contribution in [3.05, 3.63) is 42.5 Å². The van der Waals surface area contributed by atoms with Crippen LogP contribution in [0.4, 0.5) is 10.5 Å². The largest absolute Gasteiger partial charge is 0.322 e. The predicted molar refractivity (Wildman–Crippen MR) is 86.7 cm³/mol. The molecule has 0 saturated carbocycles. The van der Waals surface area contributed by atoms with E-state index in [4.69, 9.17) is 0 Å². The van der Waals surface area contributed by atoms with Crippen LogP contribution < -0.4 is 5.32 Å². The number of carbonyl (C=O) groups excluding carboxylic acids is 1. The zero-order valence-corrected chi connectivity index (χ0v) is 12.4. The normalized spacial score (nSPS) is 16.1. The summed E-state index contributed by atoms with van der Waals surface area (Å²) in [6, 6.07) is 14.2. The zero-order valence-electron chi connectivity index (χ0n) is 12.4. The van der Waals surface area contributed by atoms with Gasteiger partial charge in [-0.25, -0.2) is 4.79 Å².